The zero-order chi connectivity index (χ0) is 14.3. The number of nitrogens with zero attached hydrogens (tertiary/aromatic N) is 1. The summed E-state index contributed by atoms with van der Waals surface area (Å²) in [5, 5.41) is 11.3. The Labute approximate surface area is 113 Å². The number of carboxylic acids is 1. The van der Waals surface area contributed by atoms with Crippen molar-refractivity contribution in [2.24, 2.45) is 0 Å². The van der Waals surface area contributed by atoms with Gasteiger partial charge in [-0.2, -0.15) is 0 Å². The van der Waals surface area contributed by atoms with E-state index in [2.05, 4.69) is 11.2 Å². The summed E-state index contributed by atoms with van der Waals surface area (Å²) in [7, 11) is 1.61. The van der Waals surface area contributed by atoms with Crippen LogP contribution >= 0.6 is 0 Å². The summed E-state index contributed by atoms with van der Waals surface area (Å²) in [6.45, 7) is 1.17. The summed E-state index contributed by atoms with van der Waals surface area (Å²) >= 11 is 0. The summed E-state index contributed by atoms with van der Waals surface area (Å²) in [6.07, 6.45) is 8.13. The van der Waals surface area contributed by atoms with Crippen LogP contribution in [0.3, 0.4) is 0 Å². The molecule has 1 aliphatic heterocycles. The van der Waals surface area contributed by atoms with E-state index in [9.17, 15) is 9.59 Å². The number of carbonyl (C=O) groups excluding carboxylic acids is 1. The summed E-state index contributed by atoms with van der Waals surface area (Å²) < 4.78 is 5.53. The van der Waals surface area contributed by atoms with E-state index >= 15 is 0 Å². The number of terminal acetylenes is 1. The van der Waals surface area contributed by atoms with Crippen LogP contribution < -0.4 is 5.32 Å². The zero-order valence-corrected chi connectivity index (χ0v) is 11.1. The molecule has 6 nitrogen and oxygen atoms in total. The highest BCUT2D eigenvalue weighted by Crippen LogP contribution is 2.13. The van der Waals surface area contributed by atoms with Crippen LogP contribution in [0.5, 0.6) is 0 Å². The number of carbonyl (C=O) groups is 2. The van der Waals surface area contributed by atoms with Crippen LogP contribution in [0.4, 0.5) is 4.79 Å². The van der Waals surface area contributed by atoms with Gasteiger partial charge in [0.15, 0.2) is 0 Å². The molecule has 0 aromatic carbocycles. The number of carboxylic acid groups (broad SMARTS) is 1. The molecular formula is C13H20N2O4. The van der Waals surface area contributed by atoms with Gasteiger partial charge in [-0.25, -0.2) is 9.59 Å². The molecule has 1 rings (SSSR count). The Bertz CT molecular complexity index is 358. The average Bonchev–Trinajstić information content (AvgIpc) is 2.39. The molecule has 0 spiro atoms. The quantitative estimate of drug-likeness (QED) is 0.718. The normalized spacial score (nSPS) is 20.1. The molecule has 2 unspecified atom stereocenters. The van der Waals surface area contributed by atoms with Crippen LogP contribution in [0, 0.1) is 12.3 Å². The molecule has 2 N–H and O–H groups in total. The van der Waals surface area contributed by atoms with Crippen LogP contribution in [0.2, 0.25) is 0 Å². The van der Waals surface area contributed by atoms with E-state index in [1.165, 1.54) is 4.90 Å². The first-order chi connectivity index (χ1) is 9.04. The highest BCUT2D eigenvalue weighted by molar-refractivity contribution is 5.82. The third-order valence-electron chi connectivity index (χ3n) is 3.02. The number of rotatable bonds is 5. The Morgan fingerprint density at radius 3 is 2.84 bits per heavy atom. The van der Waals surface area contributed by atoms with E-state index in [1.54, 1.807) is 7.05 Å². The lowest BCUT2D eigenvalue weighted by Crippen LogP contribution is -2.48. The summed E-state index contributed by atoms with van der Waals surface area (Å²) in [4.78, 5) is 24.2. The molecule has 1 fully saturated rings. The number of aliphatic carboxylic acids is 1. The molecule has 1 aliphatic rings. The lowest BCUT2D eigenvalue weighted by atomic mass is 10.1. The Hall–Kier alpha value is -1.74. The van der Waals surface area contributed by atoms with Gasteiger partial charge in [-0.3, -0.25) is 0 Å². The van der Waals surface area contributed by atoms with E-state index in [0.717, 1.165) is 25.9 Å². The van der Waals surface area contributed by atoms with Crippen molar-refractivity contribution in [2.45, 2.75) is 37.8 Å². The van der Waals surface area contributed by atoms with Gasteiger partial charge in [0, 0.05) is 26.6 Å². The van der Waals surface area contributed by atoms with Gasteiger partial charge in [0.2, 0.25) is 0 Å². The first-order valence-corrected chi connectivity index (χ1v) is 6.34. The average molecular weight is 268 g/mol. The predicted molar refractivity (Wildman–Crippen MR) is 69.6 cm³/mol. The molecule has 0 aromatic rings. The van der Waals surface area contributed by atoms with Crippen molar-refractivity contribution in [2.75, 3.05) is 20.2 Å². The maximum Gasteiger partial charge on any atom is 0.327 e. The smallest absolute Gasteiger partial charge is 0.327 e. The van der Waals surface area contributed by atoms with E-state index in [-0.39, 0.29) is 12.5 Å². The van der Waals surface area contributed by atoms with Crippen LogP contribution in [-0.2, 0) is 9.53 Å². The Morgan fingerprint density at radius 2 is 2.32 bits per heavy atom. The van der Waals surface area contributed by atoms with Gasteiger partial charge in [-0.1, -0.05) is 0 Å². The Balaban J connectivity index is 2.42. The number of ether oxygens (including phenoxy) is 1. The number of hydrogen-bond acceptors (Lipinski definition) is 3. The third kappa shape index (κ3) is 5.18. The minimum absolute atomic E-state index is 0.0282. The van der Waals surface area contributed by atoms with Crippen LogP contribution in [0.1, 0.15) is 25.7 Å². The number of nitrogens with one attached hydrogen (secondary N) is 1. The highest BCUT2D eigenvalue weighted by Gasteiger charge is 2.23. The standard InChI is InChI=1S/C13H20N2O4/c1-3-6-11(12(16)17)14-13(18)15(2)9-10-7-4-5-8-19-10/h1,10-11H,4-9H2,2H3,(H,14,18)(H,16,17). The zero-order valence-electron chi connectivity index (χ0n) is 11.1. The fourth-order valence-corrected chi connectivity index (χ4v) is 1.92. The molecule has 1 heterocycles. The molecule has 0 radical (unpaired) electrons. The van der Waals surface area contributed by atoms with Crippen molar-refractivity contribution in [1.29, 1.82) is 0 Å². The van der Waals surface area contributed by atoms with Crippen LogP contribution in [0.15, 0.2) is 0 Å². The first kappa shape index (κ1) is 15.3. The Morgan fingerprint density at radius 1 is 1.58 bits per heavy atom. The van der Waals surface area contributed by atoms with Gasteiger partial charge >= 0.3 is 12.0 Å². The van der Waals surface area contributed by atoms with Crippen molar-refractivity contribution in [3.63, 3.8) is 0 Å². The van der Waals surface area contributed by atoms with Crippen molar-refractivity contribution >= 4 is 12.0 Å². The minimum atomic E-state index is -1.13. The number of hydrogen-bond donors (Lipinski definition) is 2. The van der Waals surface area contributed by atoms with Crippen LogP contribution in [-0.4, -0.2) is 54.4 Å². The SMILES string of the molecule is C#CCC(NC(=O)N(C)CC1CCCCO1)C(=O)O. The topological polar surface area (TPSA) is 78.9 Å². The maximum atomic E-state index is 11.8. The van der Waals surface area contributed by atoms with E-state index < -0.39 is 18.0 Å². The van der Waals surface area contributed by atoms with Crippen molar-refractivity contribution in [1.82, 2.24) is 10.2 Å². The Kier molecular flexibility index (Phi) is 6.16. The largest absolute Gasteiger partial charge is 0.480 e. The van der Waals surface area contributed by atoms with E-state index in [1.807, 2.05) is 0 Å². The van der Waals surface area contributed by atoms with Gasteiger partial charge in [0.25, 0.3) is 0 Å². The lowest BCUT2D eigenvalue weighted by Gasteiger charge is -2.28. The minimum Gasteiger partial charge on any atom is -0.480 e. The second-order valence-corrected chi connectivity index (χ2v) is 4.62. The van der Waals surface area contributed by atoms with Crippen molar-refractivity contribution in [3.05, 3.63) is 0 Å². The molecule has 19 heavy (non-hydrogen) atoms. The summed E-state index contributed by atoms with van der Waals surface area (Å²) in [5.41, 5.74) is 0. The van der Waals surface area contributed by atoms with Gasteiger partial charge < -0.3 is 20.1 Å². The molecule has 0 aromatic heterocycles. The van der Waals surface area contributed by atoms with E-state index in [0.29, 0.717) is 6.54 Å². The lowest BCUT2D eigenvalue weighted by molar-refractivity contribution is -0.139. The van der Waals surface area contributed by atoms with Gasteiger partial charge in [0.05, 0.1) is 6.10 Å². The summed E-state index contributed by atoms with van der Waals surface area (Å²) in [6, 6.07) is -1.50. The number of urea groups is 1. The predicted octanol–water partition coefficient (Wildman–Crippen LogP) is 0.673. The molecular weight excluding hydrogens is 248 g/mol. The van der Waals surface area contributed by atoms with Gasteiger partial charge in [-0.05, 0) is 19.3 Å². The highest BCUT2D eigenvalue weighted by atomic mass is 16.5. The first-order valence-electron chi connectivity index (χ1n) is 6.34. The molecule has 2 amide bonds. The van der Waals surface area contributed by atoms with Crippen LogP contribution in [0.25, 0.3) is 0 Å². The molecule has 0 aliphatic carbocycles. The molecule has 1 saturated heterocycles. The van der Waals surface area contributed by atoms with Gasteiger partial charge in [0.1, 0.15) is 6.04 Å². The summed E-state index contributed by atoms with van der Waals surface area (Å²) in [5.74, 6) is 1.11. The second-order valence-electron chi connectivity index (χ2n) is 4.62. The molecule has 0 saturated carbocycles. The van der Waals surface area contributed by atoms with Gasteiger partial charge in [-0.15, -0.1) is 12.3 Å². The molecule has 6 heteroatoms. The third-order valence-corrected chi connectivity index (χ3v) is 3.02. The second kappa shape index (κ2) is 7.64. The van der Waals surface area contributed by atoms with E-state index in [4.69, 9.17) is 16.3 Å². The molecule has 0 bridgehead atoms. The number of amides is 2. The number of likely N-dealkylation sites (N-methyl/N-ethyl adjacent to an activating group) is 1. The van der Waals surface area contributed by atoms with Crippen molar-refractivity contribution < 1.29 is 19.4 Å². The monoisotopic (exact) mass is 268 g/mol. The maximum absolute atomic E-state index is 11.8. The fourth-order valence-electron chi connectivity index (χ4n) is 1.92. The molecule has 2 atom stereocenters. The molecule has 106 valence electrons. The fraction of sp³-hybridized carbons (Fsp3) is 0.692. The van der Waals surface area contributed by atoms with Crippen molar-refractivity contribution in [3.8, 4) is 12.3 Å².